The molecule has 3 aliphatic rings. The Morgan fingerprint density at radius 3 is 2.76 bits per heavy atom. The molecule has 33 heavy (non-hydrogen) atoms. The molecule has 5 heteroatoms. The number of rotatable bonds is 5. The fraction of sp³-hybridized carbons (Fsp3) is 0.393. The summed E-state index contributed by atoms with van der Waals surface area (Å²) in [6, 6.07) is 14.6. The lowest BCUT2D eigenvalue weighted by Gasteiger charge is -2.32. The fourth-order valence-corrected chi connectivity index (χ4v) is 5.35. The maximum absolute atomic E-state index is 6.14. The van der Waals surface area contributed by atoms with E-state index in [0.29, 0.717) is 12.5 Å². The van der Waals surface area contributed by atoms with Crippen LogP contribution in [0.15, 0.2) is 65.7 Å². The van der Waals surface area contributed by atoms with Crippen LogP contribution in [0.2, 0.25) is 5.02 Å². The Morgan fingerprint density at radius 1 is 1.15 bits per heavy atom. The number of piperidine rings is 1. The number of likely N-dealkylation sites (tertiary alicyclic amines) is 1. The van der Waals surface area contributed by atoms with Crippen molar-refractivity contribution in [3.8, 4) is 11.5 Å². The molecule has 0 bridgehead atoms. The Kier molecular flexibility index (Phi) is 6.84. The van der Waals surface area contributed by atoms with Crippen molar-refractivity contribution >= 4 is 23.4 Å². The van der Waals surface area contributed by atoms with Gasteiger partial charge >= 0.3 is 0 Å². The van der Waals surface area contributed by atoms with Crippen molar-refractivity contribution in [1.29, 1.82) is 0 Å². The summed E-state index contributed by atoms with van der Waals surface area (Å²) in [5.41, 5.74) is 3.85. The predicted octanol–water partition coefficient (Wildman–Crippen LogP) is 6.02. The summed E-state index contributed by atoms with van der Waals surface area (Å²) in [6.07, 6.45) is 12.0. The van der Waals surface area contributed by atoms with E-state index in [1.165, 1.54) is 24.0 Å². The zero-order valence-electron chi connectivity index (χ0n) is 19.1. The fourth-order valence-electron chi connectivity index (χ4n) is 5.22. The standard InChI is InChI=1S/C28H31ClN2O2/c1-32-23-10-11-28-26(18-23)24(25-4-2-14-30-27(25)19-33-28)5-3-15-31-16-12-21(13-17-31)20-6-8-22(29)9-7-20/h2,4-11,14,18,21,25,27H,3,12-13,15-17,19H2,1H3. The predicted molar refractivity (Wildman–Crippen MR) is 136 cm³/mol. The van der Waals surface area contributed by atoms with E-state index in [2.05, 4.69) is 41.3 Å². The van der Waals surface area contributed by atoms with Gasteiger partial charge in [0.1, 0.15) is 18.1 Å². The van der Waals surface area contributed by atoms with Crippen molar-refractivity contribution in [2.75, 3.05) is 33.4 Å². The molecule has 172 valence electrons. The number of fused-ring (bicyclic) bond motifs is 2. The molecule has 2 aromatic carbocycles. The van der Waals surface area contributed by atoms with Crippen LogP contribution in [-0.4, -0.2) is 50.5 Å². The van der Waals surface area contributed by atoms with Crippen LogP contribution in [-0.2, 0) is 0 Å². The van der Waals surface area contributed by atoms with Crippen molar-refractivity contribution < 1.29 is 9.47 Å². The van der Waals surface area contributed by atoms with Crippen molar-refractivity contribution in [1.82, 2.24) is 4.90 Å². The van der Waals surface area contributed by atoms with Crippen LogP contribution in [0, 0.1) is 5.92 Å². The lowest BCUT2D eigenvalue weighted by molar-refractivity contribution is 0.216. The first-order valence-electron chi connectivity index (χ1n) is 11.9. The summed E-state index contributed by atoms with van der Waals surface area (Å²) < 4.78 is 11.7. The van der Waals surface area contributed by atoms with Gasteiger partial charge in [0.25, 0.3) is 0 Å². The first-order valence-corrected chi connectivity index (χ1v) is 12.3. The van der Waals surface area contributed by atoms with Crippen molar-refractivity contribution in [2.24, 2.45) is 10.9 Å². The van der Waals surface area contributed by atoms with Crippen molar-refractivity contribution in [3.63, 3.8) is 0 Å². The number of methoxy groups -OCH3 is 1. The smallest absolute Gasteiger partial charge is 0.127 e. The number of benzene rings is 2. The number of nitrogens with zero attached hydrogens (tertiary/aromatic N) is 2. The Balaban J connectivity index is 1.27. The van der Waals surface area contributed by atoms with E-state index in [9.17, 15) is 0 Å². The normalized spacial score (nSPS) is 24.1. The topological polar surface area (TPSA) is 34.1 Å². The molecule has 0 saturated carbocycles. The van der Waals surface area contributed by atoms with Gasteiger partial charge in [-0.15, -0.1) is 0 Å². The van der Waals surface area contributed by atoms with Crippen LogP contribution in [0.5, 0.6) is 11.5 Å². The zero-order chi connectivity index (χ0) is 22.6. The molecule has 0 N–H and O–H groups in total. The minimum absolute atomic E-state index is 0.120. The third-order valence-electron chi connectivity index (χ3n) is 7.10. The van der Waals surface area contributed by atoms with Gasteiger partial charge in [-0.05, 0) is 85.8 Å². The molecular formula is C28H31ClN2O2. The highest BCUT2D eigenvalue weighted by atomic mass is 35.5. The van der Waals surface area contributed by atoms with Gasteiger partial charge < -0.3 is 14.4 Å². The second-order valence-corrected chi connectivity index (χ2v) is 9.50. The van der Waals surface area contributed by atoms with Gasteiger partial charge in [0.05, 0.1) is 13.2 Å². The average molecular weight is 463 g/mol. The second-order valence-electron chi connectivity index (χ2n) is 9.06. The van der Waals surface area contributed by atoms with Gasteiger partial charge in [-0.3, -0.25) is 4.99 Å². The summed E-state index contributed by atoms with van der Waals surface area (Å²) >= 11 is 6.06. The second kappa shape index (κ2) is 10.1. The van der Waals surface area contributed by atoms with E-state index in [1.807, 2.05) is 30.5 Å². The molecular weight excluding hydrogens is 432 g/mol. The molecule has 1 saturated heterocycles. The van der Waals surface area contributed by atoms with Gasteiger partial charge in [0.15, 0.2) is 0 Å². The van der Waals surface area contributed by atoms with Gasteiger partial charge in [0.2, 0.25) is 0 Å². The maximum Gasteiger partial charge on any atom is 0.127 e. The van der Waals surface area contributed by atoms with Crippen molar-refractivity contribution in [3.05, 3.63) is 76.8 Å². The van der Waals surface area contributed by atoms with Gasteiger partial charge in [0, 0.05) is 29.3 Å². The summed E-state index contributed by atoms with van der Waals surface area (Å²) in [6.45, 7) is 3.95. The number of hydrogen-bond acceptors (Lipinski definition) is 4. The number of allylic oxidation sites excluding steroid dienone is 1. The highest BCUT2D eigenvalue weighted by Crippen LogP contribution is 2.40. The first kappa shape index (κ1) is 22.2. The molecule has 2 atom stereocenters. The average Bonchev–Trinajstić information content (AvgIpc) is 3.02. The molecule has 0 amide bonds. The molecule has 1 fully saturated rings. The third kappa shape index (κ3) is 5.02. The van der Waals surface area contributed by atoms with E-state index < -0.39 is 0 Å². The van der Waals surface area contributed by atoms with E-state index in [1.54, 1.807) is 7.11 Å². The van der Waals surface area contributed by atoms with Crippen LogP contribution >= 0.6 is 11.6 Å². The van der Waals surface area contributed by atoms with Crippen LogP contribution < -0.4 is 9.47 Å². The molecule has 2 aromatic rings. The third-order valence-corrected chi connectivity index (χ3v) is 7.35. The van der Waals surface area contributed by atoms with Crippen LogP contribution in [0.1, 0.15) is 36.3 Å². The SMILES string of the molecule is COc1ccc2c(c1)C(=CCCN1CCC(c3ccc(Cl)cc3)CC1)C1C=CC=NC1CO2. The van der Waals surface area contributed by atoms with Gasteiger partial charge in [-0.25, -0.2) is 0 Å². The number of dihydropyridines is 1. The lowest BCUT2D eigenvalue weighted by atomic mass is 9.85. The maximum atomic E-state index is 6.14. The highest BCUT2D eigenvalue weighted by Gasteiger charge is 2.30. The summed E-state index contributed by atoms with van der Waals surface area (Å²) in [7, 11) is 1.71. The van der Waals surface area contributed by atoms with Crippen LogP contribution in [0.3, 0.4) is 0 Å². The zero-order valence-corrected chi connectivity index (χ0v) is 19.9. The van der Waals surface area contributed by atoms with Crippen molar-refractivity contribution in [2.45, 2.75) is 31.2 Å². The monoisotopic (exact) mass is 462 g/mol. The number of aliphatic imine (C=N–C) groups is 1. The summed E-state index contributed by atoms with van der Waals surface area (Å²) in [5, 5.41) is 0.813. The van der Waals surface area contributed by atoms with E-state index >= 15 is 0 Å². The van der Waals surface area contributed by atoms with Gasteiger partial charge in [-0.1, -0.05) is 35.9 Å². The Labute approximate surface area is 201 Å². The Bertz CT molecular complexity index is 1050. The van der Waals surface area contributed by atoms with E-state index in [-0.39, 0.29) is 12.0 Å². The molecule has 0 aromatic heterocycles. The molecule has 0 spiro atoms. The van der Waals surface area contributed by atoms with E-state index in [4.69, 9.17) is 26.1 Å². The van der Waals surface area contributed by atoms with E-state index in [0.717, 1.165) is 48.1 Å². The largest absolute Gasteiger partial charge is 0.497 e. The number of ether oxygens (including phenoxy) is 2. The molecule has 2 unspecified atom stereocenters. The molecule has 0 aliphatic carbocycles. The molecule has 5 rings (SSSR count). The van der Waals surface area contributed by atoms with Gasteiger partial charge in [-0.2, -0.15) is 0 Å². The first-order chi connectivity index (χ1) is 16.2. The molecule has 4 nitrogen and oxygen atoms in total. The number of hydrogen-bond donors (Lipinski definition) is 0. The minimum Gasteiger partial charge on any atom is -0.497 e. The highest BCUT2D eigenvalue weighted by molar-refractivity contribution is 6.30. The minimum atomic E-state index is 0.120. The Hall–Kier alpha value is -2.56. The molecule has 3 heterocycles. The summed E-state index contributed by atoms with van der Waals surface area (Å²) in [5.74, 6) is 2.65. The van der Waals surface area contributed by atoms with Crippen LogP contribution in [0.4, 0.5) is 0 Å². The lowest BCUT2D eigenvalue weighted by Crippen LogP contribution is -2.33. The quantitative estimate of drug-likeness (QED) is 0.544. The van der Waals surface area contributed by atoms with Crippen LogP contribution in [0.25, 0.3) is 5.57 Å². The Morgan fingerprint density at radius 2 is 1.97 bits per heavy atom. The number of halogens is 1. The molecule has 0 radical (unpaired) electrons. The summed E-state index contributed by atoms with van der Waals surface area (Å²) in [4.78, 5) is 7.29. The molecule has 3 aliphatic heterocycles.